The van der Waals surface area contributed by atoms with E-state index in [0.717, 1.165) is 12.5 Å². The number of nitrogens with one attached hydrogen (secondary N) is 1. The van der Waals surface area contributed by atoms with Gasteiger partial charge in [-0.3, -0.25) is 0 Å². The Labute approximate surface area is 110 Å². The summed E-state index contributed by atoms with van der Waals surface area (Å²) in [6.07, 6.45) is 4.52. The molecule has 0 spiro atoms. The highest BCUT2D eigenvalue weighted by atomic mass is 15.2. The second kappa shape index (κ2) is 4.84. The monoisotopic (exact) mass is 248 g/mol. The summed E-state index contributed by atoms with van der Waals surface area (Å²) in [6, 6.07) is 0. The van der Waals surface area contributed by atoms with Gasteiger partial charge in [-0.25, -0.2) is 9.97 Å². The van der Waals surface area contributed by atoms with E-state index in [1.165, 1.54) is 24.1 Å². The molecule has 1 fully saturated rings. The van der Waals surface area contributed by atoms with Gasteiger partial charge in [0.05, 0.1) is 5.69 Å². The molecule has 0 unspecified atom stereocenters. The van der Waals surface area contributed by atoms with Crippen molar-refractivity contribution in [2.75, 3.05) is 19.0 Å². The van der Waals surface area contributed by atoms with Crippen LogP contribution in [0.1, 0.15) is 50.8 Å². The molecule has 1 aromatic heterocycles. The molecule has 4 heteroatoms. The predicted octanol–water partition coefficient (Wildman–Crippen LogP) is 2.31. The van der Waals surface area contributed by atoms with Gasteiger partial charge in [0.15, 0.2) is 0 Å². The van der Waals surface area contributed by atoms with Crippen molar-refractivity contribution in [3.8, 4) is 0 Å². The Balaban J connectivity index is 2.18. The van der Waals surface area contributed by atoms with Crippen LogP contribution >= 0.6 is 0 Å². The number of nitrogens with zero attached hydrogens (tertiary/aromatic N) is 3. The summed E-state index contributed by atoms with van der Waals surface area (Å²) in [5, 5.41) is 3.52. The fraction of sp³-hybridized carbons (Fsp3) is 0.714. The maximum absolute atomic E-state index is 4.71. The number of aromatic nitrogens is 2. The molecule has 4 nitrogen and oxygen atoms in total. The summed E-state index contributed by atoms with van der Waals surface area (Å²) in [5.41, 5.74) is 2.62. The Hall–Kier alpha value is -1.16. The van der Waals surface area contributed by atoms with Gasteiger partial charge in [0.1, 0.15) is 0 Å². The quantitative estimate of drug-likeness (QED) is 0.887. The van der Waals surface area contributed by atoms with Crippen molar-refractivity contribution in [3.05, 3.63) is 17.5 Å². The minimum Gasteiger partial charge on any atom is -0.347 e. The minimum atomic E-state index is 0.126. The molecule has 1 saturated carbocycles. The normalized spacial score (nSPS) is 15.8. The fourth-order valence-corrected chi connectivity index (χ4v) is 1.83. The van der Waals surface area contributed by atoms with E-state index >= 15 is 0 Å². The Morgan fingerprint density at radius 2 is 2.00 bits per heavy atom. The number of anilines is 1. The zero-order valence-corrected chi connectivity index (χ0v) is 12.1. The molecule has 18 heavy (non-hydrogen) atoms. The average molecular weight is 248 g/mol. The molecule has 0 radical (unpaired) electrons. The minimum absolute atomic E-state index is 0.126. The summed E-state index contributed by atoms with van der Waals surface area (Å²) >= 11 is 0. The van der Waals surface area contributed by atoms with Gasteiger partial charge in [-0.05, 0) is 33.6 Å². The summed E-state index contributed by atoms with van der Waals surface area (Å²) in [5.74, 6) is 1.47. The Kier molecular flexibility index (Phi) is 3.57. The zero-order valence-electron chi connectivity index (χ0n) is 12.1. The van der Waals surface area contributed by atoms with Crippen LogP contribution in [0.2, 0.25) is 0 Å². The van der Waals surface area contributed by atoms with Gasteiger partial charge >= 0.3 is 0 Å². The molecule has 1 aromatic rings. The lowest BCUT2D eigenvalue weighted by Gasteiger charge is -2.22. The van der Waals surface area contributed by atoms with Crippen LogP contribution in [0, 0.1) is 0 Å². The first-order valence-corrected chi connectivity index (χ1v) is 6.65. The molecule has 1 aliphatic carbocycles. The lowest BCUT2D eigenvalue weighted by Crippen LogP contribution is -2.35. The smallest absolute Gasteiger partial charge is 0.225 e. The first-order chi connectivity index (χ1) is 8.37. The molecule has 0 atom stereocenters. The van der Waals surface area contributed by atoms with Crippen molar-refractivity contribution in [1.29, 1.82) is 0 Å². The molecule has 1 N–H and O–H groups in total. The third kappa shape index (κ3) is 3.42. The van der Waals surface area contributed by atoms with Gasteiger partial charge < -0.3 is 10.2 Å². The molecule has 1 aliphatic rings. The van der Waals surface area contributed by atoms with E-state index < -0.39 is 0 Å². The van der Waals surface area contributed by atoms with E-state index in [1.807, 2.05) is 25.2 Å². The average Bonchev–Trinajstić information content (AvgIpc) is 3.08. The Morgan fingerprint density at radius 3 is 2.50 bits per heavy atom. The van der Waals surface area contributed by atoms with Crippen molar-refractivity contribution < 1.29 is 0 Å². The molecule has 1 heterocycles. The Morgan fingerprint density at radius 1 is 1.33 bits per heavy atom. The van der Waals surface area contributed by atoms with Crippen LogP contribution in [0.15, 0.2) is 6.20 Å². The van der Waals surface area contributed by atoms with E-state index in [-0.39, 0.29) is 5.54 Å². The topological polar surface area (TPSA) is 41.1 Å². The molecule has 0 aliphatic heterocycles. The van der Waals surface area contributed by atoms with Crippen LogP contribution in [0.5, 0.6) is 0 Å². The van der Waals surface area contributed by atoms with Gasteiger partial charge in [0.2, 0.25) is 5.95 Å². The van der Waals surface area contributed by atoms with Gasteiger partial charge in [0, 0.05) is 43.9 Å². The predicted molar refractivity (Wildman–Crippen MR) is 74.9 cm³/mol. The van der Waals surface area contributed by atoms with E-state index in [0.29, 0.717) is 5.92 Å². The highest BCUT2D eigenvalue weighted by molar-refractivity contribution is 5.34. The third-order valence-corrected chi connectivity index (χ3v) is 3.06. The first kappa shape index (κ1) is 13.3. The lowest BCUT2D eigenvalue weighted by atomic mass is 10.1. The van der Waals surface area contributed by atoms with Crippen molar-refractivity contribution in [2.24, 2.45) is 0 Å². The van der Waals surface area contributed by atoms with Crippen LogP contribution < -0.4 is 10.2 Å². The zero-order chi connectivity index (χ0) is 13.3. The van der Waals surface area contributed by atoms with Crippen LogP contribution in [0.3, 0.4) is 0 Å². The van der Waals surface area contributed by atoms with Gasteiger partial charge in [-0.1, -0.05) is 0 Å². The molecular weight excluding hydrogens is 224 g/mol. The summed E-state index contributed by atoms with van der Waals surface area (Å²) in [7, 11) is 3.97. The molecular formula is C14H24N4. The van der Waals surface area contributed by atoms with Crippen molar-refractivity contribution >= 4 is 5.95 Å². The molecule has 0 amide bonds. The van der Waals surface area contributed by atoms with Crippen molar-refractivity contribution in [1.82, 2.24) is 15.3 Å². The van der Waals surface area contributed by atoms with Crippen LogP contribution in [-0.2, 0) is 6.54 Å². The Bertz CT molecular complexity index is 416. The van der Waals surface area contributed by atoms with E-state index in [9.17, 15) is 0 Å². The highest BCUT2D eigenvalue weighted by Crippen LogP contribution is 2.40. The molecule has 2 rings (SSSR count). The summed E-state index contributed by atoms with van der Waals surface area (Å²) in [6.45, 7) is 7.39. The van der Waals surface area contributed by atoms with E-state index in [4.69, 9.17) is 4.98 Å². The maximum atomic E-state index is 4.71. The van der Waals surface area contributed by atoms with Gasteiger partial charge in [-0.2, -0.15) is 0 Å². The summed E-state index contributed by atoms with van der Waals surface area (Å²) in [4.78, 5) is 11.1. The second-order valence-corrected chi connectivity index (χ2v) is 6.35. The number of rotatable bonds is 4. The van der Waals surface area contributed by atoms with Crippen molar-refractivity contribution in [3.63, 3.8) is 0 Å². The second-order valence-electron chi connectivity index (χ2n) is 6.35. The van der Waals surface area contributed by atoms with Gasteiger partial charge in [-0.15, -0.1) is 0 Å². The van der Waals surface area contributed by atoms with Crippen LogP contribution in [0.4, 0.5) is 5.95 Å². The molecule has 0 aromatic carbocycles. The standard InChI is InChI=1S/C14H24N4/c1-14(2,3)16-9-11-8-15-13(18(4)5)17-12(11)10-6-7-10/h8,10,16H,6-7,9H2,1-5H3. The summed E-state index contributed by atoms with van der Waals surface area (Å²) < 4.78 is 0. The fourth-order valence-electron chi connectivity index (χ4n) is 1.83. The third-order valence-electron chi connectivity index (χ3n) is 3.06. The SMILES string of the molecule is CN(C)c1ncc(CNC(C)(C)C)c(C2CC2)n1. The number of hydrogen-bond donors (Lipinski definition) is 1. The highest BCUT2D eigenvalue weighted by Gasteiger charge is 2.28. The van der Waals surface area contributed by atoms with Crippen LogP contribution in [0.25, 0.3) is 0 Å². The maximum Gasteiger partial charge on any atom is 0.225 e. The largest absolute Gasteiger partial charge is 0.347 e. The molecule has 100 valence electrons. The molecule has 0 bridgehead atoms. The van der Waals surface area contributed by atoms with Gasteiger partial charge in [0.25, 0.3) is 0 Å². The van der Waals surface area contributed by atoms with Crippen molar-refractivity contribution in [2.45, 2.75) is 51.6 Å². The first-order valence-electron chi connectivity index (χ1n) is 6.65. The molecule has 0 saturated heterocycles. The van der Waals surface area contributed by atoms with E-state index in [2.05, 4.69) is 31.1 Å². The van der Waals surface area contributed by atoms with E-state index in [1.54, 1.807) is 0 Å². The number of hydrogen-bond acceptors (Lipinski definition) is 4. The lowest BCUT2D eigenvalue weighted by molar-refractivity contribution is 0.422. The van der Waals surface area contributed by atoms with Crippen LogP contribution in [-0.4, -0.2) is 29.6 Å².